The molecule has 0 aliphatic rings. The molecule has 0 aromatic heterocycles. The van der Waals surface area contributed by atoms with E-state index >= 15 is 0 Å². The maximum Gasteiger partial charge on any atom is 0.138 e. The molecule has 1 nitrogen and oxygen atoms in total. The first kappa shape index (κ1) is 14.2. The Morgan fingerprint density at radius 1 is 1.07 bits per heavy atom. The van der Waals surface area contributed by atoms with Gasteiger partial charge < -0.3 is 0 Å². The van der Waals surface area contributed by atoms with Crippen LogP contribution in [-0.4, -0.2) is 5.78 Å². The summed E-state index contributed by atoms with van der Waals surface area (Å²) in [6.07, 6.45) is 2.38. The second-order valence-corrected chi connectivity index (χ2v) is 6.08. The summed E-state index contributed by atoms with van der Waals surface area (Å²) < 4.78 is 0. The molecule has 0 aromatic rings. The van der Waals surface area contributed by atoms with Gasteiger partial charge in [0.25, 0.3) is 0 Å². The van der Waals surface area contributed by atoms with Gasteiger partial charge in [0, 0.05) is 23.7 Å². The first-order valence-electron chi connectivity index (χ1n) is 5.66. The Hall–Kier alpha value is -0.770. The van der Waals surface area contributed by atoms with Crippen molar-refractivity contribution in [3.8, 4) is 11.8 Å². The Morgan fingerprint density at radius 3 is 2.00 bits per heavy atom. The predicted molar refractivity (Wildman–Crippen MR) is 65.5 cm³/mol. The van der Waals surface area contributed by atoms with Gasteiger partial charge >= 0.3 is 0 Å². The molecule has 0 spiro atoms. The summed E-state index contributed by atoms with van der Waals surface area (Å²) in [6, 6.07) is 0. The summed E-state index contributed by atoms with van der Waals surface area (Å²) >= 11 is 0. The second kappa shape index (κ2) is 5.35. The lowest BCUT2D eigenvalue weighted by molar-refractivity contribution is -0.126. The van der Waals surface area contributed by atoms with E-state index in [0.29, 0.717) is 12.2 Å². The molecule has 0 saturated heterocycles. The summed E-state index contributed by atoms with van der Waals surface area (Å²) in [4.78, 5) is 11.6. The van der Waals surface area contributed by atoms with E-state index in [1.165, 1.54) is 0 Å². The van der Waals surface area contributed by atoms with E-state index in [1.54, 1.807) is 0 Å². The Labute approximate surface area is 94.6 Å². The molecule has 0 radical (unpaired) electrons. The molecule has 0 fully saturated rings. The molecule has 0 saturated carbocycles. The fourth-order valence-electron chi connectivity index (χ4n) is 1.04. The zero-order valence-electron chi connectivity index (χ0n) is 11.0. The van der Waals surface area contributed by atoms with Crippen LogP contribution in [0.3, 0.4) is 0 Å². The van der Waals surface area contributed by atoms with Crippen molar-refractivity contribution in [1.82, 2.24) is 0 Å². The van der Waals surface area contributed by atoms with Crippen molar-refractivity contribution in [2.75, 3.05) is 0 Å². The number of hydrogen-bond donors (Lipinski definition) is 0. The van der Waals surface area contributed by atoms with Crippen molar-refractivity contribution in [1.29, 1.82) is 0 Å². The Bertz CT molecular complexity index is 262. The fourth-order valence-corrected chi connectivity index (χ4v) is 1.04. The minimum atomic E-state index is -0.197. The maximum absolute atomic E-state index is 11.6. The van der Waals surface area contributed by atoms with Crippen LogP contribution in [0.4, 0.5) is 0 Å². The zero-order chi connectivity index (χ0) is 12.1. The maximum atomic E-state index is 11.6. The van der Waals surface area contributed by atoms with Gasteiger partial charge in [0.15, 0.2) is 0 Å². The number of unbranched alkanes of at least 4 members (excludes halogenated alkanes) is 1. The quantitative estimate of drug-likeness (QED) is 0.509. The lowest BCUT2D eigenvalue weighted by Crippen LogP contribution is -2.19. The largest absolute Gasteiger partial charge is 0.299 e. The van der Waals surface area contributed by atoms with Gasteiger partial charge in [-0.25, -0.2) is 0 Å². The van der Waals surface area contributed by atoms with E-state index in [2.05, 4.69) is 32.6 Å². The van der Waals surface area contributed by atoms with Crippen molar-refractivity contribution in [2.45, 2.75) is 60.8 Å². The summed E-state index contributed by atoms with van der Waals surface area (Å²) in [6.45, 7) is 12.2. The molecule has 0 aliphatic carbocycles. The van der Waals surface area contributed by atoms with Crippen molar-refractivity contribution < 1.29 is 4.79 Å². The number of rotatable bonds is 3. The molecule has 0 bridgehead atoms. The summed E-state index contributed by atoms with van der Waals surface area (Å²) in [7, 11) is 0. The summed E-state index contributed by atoms with van der Waals surface area (Å²) in [5.74, 6) is 6.64. The Balaban J connectivity index is 3.82. The van der Waals surface area contributed by atoms with Gasteiger partial charge in [-0.3, -0.25) is 4.79 Å². The Kier molecular flexibility index (Phi) is 5.08. The van der Waals surface area contributed by atoms with Crippen LogP contribution in [0.25, 0.3) is 0 Å². The van der Waals surface area contributed by atoms with E-state index in [4.69, 9.17) is 0 Å². The minimum absolute atomic E-state index is 0.0774. The first-order chi connectivity index (χ1) is 6.63. The molecule has 0 rings (SSSR count). The van der Waals surface area contributed by atoms with Crippen molar-refractivity contribution in [2.24, 2.45) is 10.8 Å². The minimum Gasteiger partial charge on any atom is -0.299 e. The fraction of sp³-hybridized carbons (Fsp3) is 0.786. The molecular formula is C14H24O. The molecule has 0 aromatic carbocycles. The number of carbonyl (C=O) groups is 1. The molecule has 0 N–H and O–H groups in total. The van der Waals surface area contributed by atoms with Crippen LogP contribution in [0.15, 0.2) is 0 Å². The molecule has 15 heavy (non-hydrogen) atoms. The Morgan fingerprint density at radius 2 is 1.60 bits per heavy atom. The van der Waals surface area contributed by atoms with Crippen molar-refractivity contribution >= 4 is 5.78 Å². The SMILES string of the molecule is CC(C)(C)C#CCCCC(=O)C(C)(C)C. The lowest BCUT2D eigenvalue weighted by atomic mass is 9.88. The van der Waals surface area contributed by atoms with E-state index in [1.807, 2.05) is 20.8 Å². The van der Waals surface area contributed by atoms with E-state index in [9.17, 15) is 4.79 Å². The van der Waals surface area contributed by atoms with Crippen LogP contribution in [0.2, 0.25) is 0 Å². The molecule has 0 heterocycles. The van der Waals surface area contributed by atoms with Crippen LogP contribution in [0, 0.1) is 22.7 Å². The molecular weight excluding hydrogens is 184 g/mol. The van der Waals surface area contributed by atoms with E-state index < -0.39 is 0 Å². The average Bonchev–Trinajstić information content (AvgIpc) is 1.99. The molecule has 0 atom stereocenters. The number of carbonyl (C=O) groups excluding carboxylic acids is 1. The normalized spacial score (nSPS) is 11.9. The standard InChI is InChI=1S/C14H24O/c1-13(2,3)11-9-7-8-10-12(15)14(4,5)6/h7-8,10H2,1-6H3. The molecule has 1 heteroatoms. The monoisotopic (exact) mass is 208 g/mol. The summed E-state index contributed by atoms with van der Waals surface area (Å²) in [5, 5.41) is 0. The topological polar surface area (TPSA) is 17.1 Å². The van der Waals surface area contributed by atoms with Gasteiger partial charge in [-0.2, -0.15) is 0 Å². The zero-order valence-corrected chi connectivity index (χ0v) is 11.0. The van der Waals surface area contributed by atoms with Crippen molar-refractivity contribution in [3.05, 3.63) is 0 Å². The first-order valence-corrected chi connectivity index (χ1v) is 5.66. The second-order valence-electron chi connectivity index (χ2n) is 6.08. The number of ketones is 1. The molecule has 0 aliphatic heterocycles. The summed E-state index contributed by atoms with van der Waals surface area (Å²) in [5.41, 5.74) is -0.120. The smallest absolute Gasteiger partial charge is 0.138 e. The van der Waals surface area contributed by atoms with Gasteiger partial charge in [0.2, 0.25) is 0 Å². The van der Waals surface area contributed by atoms with Crippen LogP contribution in [0.5, 0.6) is 0 Å². The lowest BCUT2D eigenvalue weighted by Gasteiger charge is -2.15. The van der Waals surface area contributed by atoms with E-state index in [-0.39, 0.29) is 10.8 Å². The third-order valence-electron chi connectivity index (χ3n) is 2.01. The highest BCUT2D eigenvalue weighted by molar-refractivity contribution is 5.83. The number of Topliss-reactive ketones (excluding diaryl/α,β-unsaturated/α-hetero) is 1. The van der Waals surface area contributed by atoms with Gasteiger partial charge in [-0.05, 0) is 27.2 Å². The van der Waals surface area contributed by atoms with Crippen LogP contribution in [0.1, 0.15) is 60.8 Å². The van der Waals surface area contributed by atoms with Gasteiger partial charge in [-0.15, -0.1) is 5.92 Å². The number of hydrogen-bond acceptors (Lipinski definition) is 1. The van der Waals surface area contributed by atoms with Crippen molar-refractivity contribution in [3.63, 3.8) is 0 Å². The van der Waals surface area contributed by atoms with E-state index in [0.717, 1.165) is 12.8 Å². The third kappa shape index (κ3) is 8.24. The highest BCUT2D eigenvalue weighted by atomic mass is 16.1. The molecule has 0 unspecified atom stereocenters. The van der Waals surface area contributed by atoms with Gasteiger partial charge in [-0.1, -0.05) is 26.7 Å². The molecule has 86 valence electrons. The van der Waals surface area contributed by atoms with Crippen LogP contribution in [-0.2, 0) is 4.79 Å². The van der Waals surface area contributed by atoms with Crippen LogP contribution < -0.4 is 0 Å². The van der Waals surface area contributed by atoms with Gasteiger partial charge in [0.1, 0.15) is 5.78 Å². The highest BCUT2D eigenvalue weighted by Crippen LogP contribution is 2.18. The highest BCUT2D eigenvalue weighted by Gasteiger charge is 2.19. The predicted octanol–water partition coefficient (Wildman–Crippen LogP) is 3.82. The average molecular weight is 208 g/mol. The van der Waals surface area contributed by atoms with Crippen LogP contribution >= 0.6 is 0 Å². The third-order valence-corrected chi connectivity index (χ3v) is 2.01. The molecule has 0 amide bonds. The van der Waals surface area contributed by atoms with Gasteiger partial charge in [0.05, 0.1) is 0 Å².